The van der Waals surface area contributed by atoms with Crippen LogP contribution in [0.4, 0.5) is 0 Å². The second-order valence-corrected chi connectivity index (χ2v) is 18.7. The monoisotopic (exact) mass is 742 g/mol. The zero-order valence-corrected chi connectivity index (χ0v) is 32.3. The van der Waals surface area contributed by atoms with Crippen molar-refractivity contribution in [2.24, 2.45) is 0 Å². The lowest BCUT2D eigenvalue weighted by Gasteiger charge is -2.34. The van der Waals surface area contributed by atoms with E-state index in [0.717, 1.165) is 11.4 Å². The number of nitrogens with zero attached hydrogens (tertiary/aromatic N) is 2. The molecule has 0 N–H and O–H groups in total. The van der Waals surface area contributed by atoms with Gasteiger partial charge < -0.3 is 9.13 Å². The standard InChI is InChI=1S/C54H38N2Si/c1-6-18-39(19-7-1)40-30-34-52-49(36-40)48-33-32-46(57(43-22-10-3-11-23-43,44-24-12-4-13-25-44)45-26-14-5-15-27-45)38-54(48)56(52)42-31-35-53-50(37-42)47-28-16-17-29-51(47)55(53)41-20-8-2-9-21-41/h1-38H. The van der Waals surface area contributed by atoms with E-state index in [1.165, 1.54) is 75.5 Å². The Bertz CT molecular complexity index is 3110. The van der Waals surface area contributed by atoms with Crippen molar-refractivity contribution in [3.63, 3.8) is 0 Å². The van der Waals surface area contributed by atoms with Crippen molar-refractivity contribution < 1.29 is 0 Å². The van der Waals surface area contributed by atoms with Gasteiger partial charge in [0, 0.05) is 32.9 Å². The molecule has 2 nitrogen and oxygen atoms in total. The zero-order valence-electron chi connectivity index (χ0n) is 31.3. The van der Waals surface area contributed by atoms with Crippen molar-refractivity contribution in [2.75, 3.05) is 0 Å². The van der Waals surface area contributed by atoms with Crippen LogP contribution in [0.3, 0.4) is 0 Å². The molecule has 11 aromatic rings. The molecule has 0 unspecified atom stereocenters. The summed E-state index contributed by atoms with van der Waals surface area (Å²) in [4.78, 5) is 0. The normalized spacial score (nSPS) is 11.9. The van der Waals surface area contributed by atoms with E-state index in [1.54, 1.807) is 0 Å². The van der Waals surface area contributed by atoms with Crippen molar-refractivity contribution in [2.45, 2.75) is 0 Å². The Hall–Kier alpha value is -7.20. The van der Waals surface area contributed by atoms with E-state index in [0.29, 0.717) is 0 Å². The number of rotatable bonds is 7. The Labute approximate surface area is 333 Å². The number of aromatic nitrogens is 2. The molecule has 57 heavy (non-hydrogen) atoms. The lowest BCUT2D eigenvalue weighted by molar-refractivity contribution is 1.17. The number of fused-ring (bicyclic) bond motifs is 6. The second-order valence-electron chi connectivity index (χ2n) is 14.9. The Morgan fingerprint density at radius 1 is 0.246 bits per heavy atom. The summed E-state index contributed by atoms with van der Waals surface area (Å²) in [5.74, 6) is 0. The highest BCUT2D eigenvalue weighted by atomic mass is 28.3. The highest BCUT2D eigenvalue weighted by Crippen LogP contribution is 2.38. The summed E-state index contributed by atoms with van der Waals surface area (Å²) in [6.45, 7) is 0. The largest absolute Gasteiger partial charge is 0.309 e. The van der Waals surface area contributed by atoms with E-state index < -0.39 is 8.07 Å². The number of para-hydroxylation sites is 2. The smallest absolute Gasteiger partial charge is 0.179 e. The summed E-state index contributed by atoms with van der Waals surface area (Å²) in [7, 11) is -2.78. The van der Waals surface area contributed by atoms with Gasteiger partial charge in [-0.25, -0.2) is 0 Å². The number of hydrogen-bond donors (Lipinski definition) is 0. The molecule has 0 aliphatic heterocycles. The van der Waals surface area contributed by atoms with Crippen LogP contribution in [0.1, 0.15) is 0 Å². The van der Waals surface area contributed by atoms with Crippen LogP contribution >= 0.6 is 0 Å². The maximum absolute atomic E-state index is 2.78. The molecular weight excluding hydrogens is 705 g/mol. The molecule has 9 aromatic carbocycles. The van der Waals surface area contributed by atoms with Crippen molar-refractivity contribution in [1.82, 2.24) is 9.13 Å². The first-order chi connectivity index (χ1) is 28.3. The van der Waals surface area contributed by atoms with Gasteiger partial charge in [-0.15, -0.1) is 0 Å². The van der Waals surface area contributed by atoms with Gasteiger partial charge in [-0.1, -0.05) is 176 Å². The molecule has 0 amide bonds. The van der Waals surface area contributed by atoms with Gasteiger partial charge in [-0.3, -0.25) is 0 Å². The zero-order chi connectivity index (χ0) is 37.8. The first-order valence-electron chi connectivity index (χ1n) is 19.7. The Balaban J connectivity index is 1.24. The van der Waals surface area contributed by atoms with Crippen LogP contribution in [-0.4, -0.2) is 17.2 Å². The van der Waals surface area contributed by atoms with Gasteiger partial charge in [-0.2, -0.15) is 0 Å². The van der Waals surface area contributed by atoms with Crippen LogP contribution in [0.15, 0.2) is 231 Å². The topological polar surface area (TPSA) is 9.86 Å². The van der Waals surface area contributed by atoms with E-state index in [2.05, 4.69) is 240 Å². The van der Waals surface area contributed by atoms with E-state index in [-0.39, 0.29) is 0 Å². The number of hydrogen-bond acceptors (Lipinski definition) is 0. The van der Waals surface area contributed by atoms with Gasteiger partial charge in [0.1, 0.15) is 0 Å². The maximum Gasteiger partial charge on any atom is 0.179 e. The molecule has 3 heteroatoms. The maximum atomic E-state index is 2.52. The first kappa shape index (κ1) is 33.2. The van der Waals surface area contributed by atoms with E-state index in [1.807, 2.05) is 0 Å². The summed E-state index contributed by atoms with van der Waals surface area (Å²) in [5.41, 5.74) is 9.55. The van der Waals surface area contributed by atoms with Crippen molar-refractivity contribution in [3.8, 4) is 22.5 Å². The third-order valence-electron chi connectivity index (χ3n) is 11.9. The van der Waals surface area contributed by atoms with E-state index in [9.17, 15) is 0 Å². The summed E-state index contributed by atoms with van der Waals surface area (Å²) in [6, 6.07) is 85.3. The third kappa shape index (κ3) is 5.24. The summed E-state index contributed by atoms with van der Waals surface area (Å²) in [6.07, 6.45) is 0. The fraction of sp³-hybridized carbons (Fsp3) is 0. The molecule has 0 saturated heterocycles. The van der Waals surface area contributed by atoms with Crippen LogP contribution in [0, 0.1) is 0 Å². The number of benzene rings is 9. The van der Waals surface area contributed by atoms with Gasteiger partial charge in [0.25, 0.3) is 0 Å². The molecule has 0 radical (unpaired) electrons. The molecule has 11 rings (SSSR count). The molecule has 0 atom stereocenters. The van der Waals surface area contributed by atoms with Crippen molar-refractivity contribution in [3.05, 3.63) is 231 Å². The molecule has 0 spiro atoms. The predicted molar refractivity (Wildman–Crippen MR) is 244 cm³/mol. The molecule has 0 saturated carbocycles. The van der Waals surface area contributed by atoms with Crippen LogP contribution in [0.2, 0.25) is 0 Å². The van der Waals surface area contributed by atoms with Gasteiger partial charge in [-0.05, 0) is 86.5 Å². The molecule has 0 aliphatic rings. The van der Waals surface area contributed by atoms with E-state index >= 15 is 0 Å². The second kappa shape index (κ2) is 13.5. The molecule has 0 bridgehead atoms. The Kier molecular flexibility index (Phi) is 7.87. The molecule has 268 valence electrons. The average Bonchev–Trinajstić information content (AvgIpc) is 3.80. The summed E-state index contributed by atoms with van der Waals surface area (Å²) >= 11 is 0. The molecule has 0 fully saturated rings. The van der Waals surface area contributed by atoms with Gasteiger partial charge >= 0.3 is 0 Å². The highest BCUT2D eigenvalue weighted by molar-refractivity contribution is 7.20. The van der Waals surface area contributed by atoms with Crippen LogP contribution in [0.25, 0.3) is 66.1 Å². The molecular formula is C54H38N2Si. The van der Waals surface area contributed by atoms with Crippen LogP contribution < -0.4 is 20.7 Å². The summed E-state index contributed by atoms with van der Waals surface area (Å²) in [5, 5.41) is 10.4. The predicted octanol–water partition coefficient (Wildman–Crippen LogP) is 10.9. The lowest BCUT2D eigenvalue weighted by atomic mass is 10.0. The minimum Gasteiger partial charge on any atom is -0.309 e. The minimum absolute atomic E-state index is 1.15. The molecule has 2 aromatic heterocycles. The quantitative estimate of drug-likeness (QED) is 0.114. The van der Waals surface area contributed by atoms with Crippen LogP contribution in [-0.2, 0) is 0 Å². The van der Waals surface area contributed by atoms with Crippen molar-refractivity contribution >= 4 is 72.4 Å². The van der Waals surface area contributed by atoms with Gasteiger partial charge in [0.05, 0.1) is 22.1 Å². The minimum atomic E-state index is -2.78. The summed E-state index contributed by atoms with van der Waals surface area (Å²) < 4.78 is 4.90. The fourth-order valence-corrected chi connectivity index (χ4v) is 14.1. The van der Waals surface area contributed by atoms with Gasteiger partial charge in [0.15, 0.2) is 8.07 Å². The lowest BCUT2D eigenvalue weighted by Crippen LogP contribution is -2.74. The average molecular weight is 743 g/mol. The van der Waals surface area contributed by atoms with Crippen molar-refractivity contribution in [1.29, 1.82) is 0 Å². The third-order valence-corrected chi connectivity index (χ3v) is 16.6. The Morgan fingerprint density at radius 3 is 1.35 bits per heavy atom. The van der Waals surface area contributed by atoms with E-state index in [4.69, 9.17) is 0 Å². The first-order valence-corrected chi connectivity index (χ1v) is 21.7. The van der Waals surface area contributed by atoms with Gasteiger partial charge in [0.2, 0.25) is 0 Å². The SMILES string of the molecule is c1ccc(-c2ccc3c(c2)c2ccc([Si](c4ccccc4)(c4ccccc4)c4ccccc4)cc2n3-c2ccc3c(c2)c2ccccc2n3-c2ccccc2)cc1. The molecule has 0 aliphatic carbocycles. The Morgan fingerprint density at radius 2 is 0.719 bits per heavy atom. The molecule has 2 heterocycles. The highest BCUT2D eigenvalue weighted by Gasteiger charge is 2.41. The van der Waals surface area contributed by atoms with Crippen LogP contribution in [0.5, 0.6) is 0 Å². The fourth-order valence-electron chi connectivity index (χ4n) is 9.36.